The summed E-state index contributed by atoms with van der Waals surface area (Å²) in [7, 11) is 0. The molecule has 5 aromatic rings. The van der Waals surface area contributed by atoms with E-state index in [4.69, 9.17) is 4.74 Å². The first-order chi connectivity index (χ1) is 12.9. The minimum Gasteiger partial charge on any atom is -0.456 e. The zero-order chi connectivity index (χ0) is 17.1. The van der Waals surface area contributed by atoms with Gasteiger partial charge < -0.3 is 4.74 Å². The zero-order valence-corrected chi connectivity index (χ0v) is 14.7. The van der Waals surface area contributed by atoms with Gasteiger partial charge in [-0.05, 0) is 35.4 Å². The van der Waals surface area contributed by atoms with Gasteiger partial charge in [0.2, 0.25) is 0 Å². The smallest absolute Gasteiger partial charge is 0.136 e. The number of hydrogen-bond donors (Lipinski definition) is 0. The van der Waals surface area contributed by atoms with Crippen molar-refractivity contribution >= 4 is 31.5 Å². The van der Waals surface area contributed by atoms with Crippen molar-refractivity contribution in [3.05, 3.63) is 84.9 Å². The van der Waals surface area contributed by atoms with Crippen molar-refractivity contribution in [3.8, 4) is 33.8 Å². The molecule has 122 valence electrons. The summed E-state index contributed by atoms with van der Waals surface area (Å²) >= 11 is 1.82. The van der Waals surface area contributed by atoms with E-state index in [0.29, 0.717) is 0 Å². The molecule has 0 saturated carbocycles. The molecular weight excluding hydrogens is 336 g/mol. The van der Waals surface area contributed by atoms with E-state index in [0.717, 1.165) is 22.6 Å². The monoisotopic (exact) mass is 350 g/mol. The average Bonchev–Trinajstić information content (AvgIpc) is 2.98. The van der Waals surface area contributed by atoms with E-state index in [2.05, 4.69) is 78.9 Å². The van der Waals surface area contributed by atoms with Gasteiger partial charge in [-0.3, -0.25) is 0 Å². The van der Waals surface area contributed by atoms with Gasteiger partial charge in [0.1, 0.15) is 11.5 Å². The Bertz CT molecular complexity index is 1310. The normalized spacial score (nSPS) is 12.2. The second-order valence-electron chi connectivity index (χ2n) is 6.59. The molecule has 0 spiro atoms. The maximum absolute atomic E-state index is 6.40. The van der Waals surface area contributed by atoms with Crippen LogP contribution in [-0.2, 0) is 0 Å². The summed E-state index contributed by atoms with van der Waals surface area (Å²) in [5.74, 6) is 1.85. The maximum atomic E-state index is 6.40. The highest BCUT2D eigenvalue weighted by atomic mass is 32.1. The molecule has 0 unspecified atom stereocenters. The highest BCUT2D eigenvalue weighted by molar-refractivity contribution is 7.25. The molecule has 26 heavy (non-hydrogen) atoms. The minimum atomic E-state index is 0.916. The Morgan fingerprint density at radius 3 is 2.08 bits per heavy atom. The molecule has 1 aliphatic heterocycles. The molecule has 4 aromatic carbocycles. The van der Waals surface area contributed by atoms with Crippen LogP contribution >= 0.6 is 11.3 Å². The quantitative estimate of drug-likeness (QED) is 0.276. The van der Waals surface area contributed by atoms with Gasteiger partial charge in [0, 0.05) is 31.3 Å². The second-order valence-corrected chi connectivity index (χ2v) is 7.67. The summed E-state index contributed by atoms with van der Waals surface area (Å²) in [6.45, 7) is 0. The van der Waals surface area contributed by atoms with Crippen LogP contribution in [0.15, 0.2) is 84.9 Å². The van der Waals surface area contributed by atoms with Gasteiger partial charge in [-0.25, -0.2) is 0 Å². The molecule has 2 heterocycles. The van der Waals surface area contributed by atoms with E-state index >= 15 is 0 Å². The van der Waals surface area contributed by atoms with Gasteiger partial charge in [0.25, 0.3) is 0 Å². The minimum absolute atomic E-state index is 0.916. The Morgan fingerprint density at radius 2 is 1.19 bits per heavy atom. The lowest BCUT2D eigenvalue weighted by Crippen LogP contribution is -1.85. The van der Waals surface area contributed by atoms with Gasteiger partial charge in [0.15, 0.2) is 0 Å². The molecule has 2 heteroatoms. The fourth-order valence-corrected chi connectivity index (χ4v) is 5.01. The highest BCUT2D eigenvalue weighted by Gasteiger charge is 2.21. The van der Waals surface area contributed by atoms with Crippen LogP contribution in [0, 0.1) is 0 Å². The molecule has 1 aromatic heterocycles. The molecule has 0 radical (unpaired) electrons. The van der Waals surface area contributed by atoms with Crippen molar-refractivity contribution in [1.82, 2.24) is 0 Å². The molecule has 0 saturated heterocycles. The van der Waals surface area contributed by atoms with Crippen molar-refractivity contribution < 1.29 is 4.74 Å². The van der Waals surface area contributed by atoms with E-state index < -0.39 is 0 Å². The molecule has 0 atom stereocenters. The summed E-state index contributed by atoms with van der Waals surface area (Å²) in [5.41, 5.74) is 4.76. The maximum Gasteiger partial charge on any atom is 0.136 e. The fourth-order valence-electron chi connectivity index (χ4n) is 3.90. The Morgan fingerprint density at radius 1 is 0.500 bits per heavy atom. The second kappa shape index (κ2) is 5.20. The lowest BCUT2D eigenvalue weighted by molar-refractivity contribution is 0.488. The first kappa shape index (κ1) is 14.1. The van der Waals surface area contributed by atoms with Crippen LogP contribution in [0.25, 0.3) is 42.4 Å². The Hall–Kier alpha value is -3.10. The molecule has 6 rings (SSSR count). The lowest BCUT2D eigenvalue weighted by atomic mass is 9.94. The van der Waals surface area contributed by atoms with Crippen molar-refractivity contribution in [2.75, 3.05) is 0 Å². The van der Waals surface area contributed by atoms with E-state index in [1.807, 2.05) is 17.4 Å². The van der Waals surface area contributed by atoms with Crippen molar-refractivity contribution in [2.45, 2.75) is 0 Å². The van der Waals surface area contributed by atoms with Gasteiger partial charge in [-0.15, -0.1) is 11.3 Å². The summed E-state index contributed by atoms with van der Waals surface area (Å²) < 4.78 is 8.98. The van der Waals surface area contributed by atoms with Gasteiger partial charge >= 0.3 is 0 Å². The number of thiophene rings is 1. The molecule has 0 bridgehead atoms. The van der Waals surface area contributed by atoms with Crippen molar-refractivity contribution in [3.63, 3.8) is 0 Å². The molecule has 0 amide bonds. The predicted molar refractivity (Wildman–Crippen MR) is 110 cm³/mol. The summed E-state index contributed by atoms with van der Waals surface area (Å²) in [6.07, 6.45) is 0. The molecule has 0 fully saturated rings. The van der Waals surface area contributed by atoms with E-state index in [-0.39, 0.29) is 0 Å². The Labute approximate surface area is 155 Å². The molecule has 0 aliphatic carbocycles. The number of ether oxygens (including phenoxy) is 1. The van der Waals surface area contributed by atoms with E-state index in [9.17, 15) is 0 Å². The standard InChI is InChI=1S/C24H14OS/c1-2-8-16-15(7-1)17-9-3-5-11-21(17)25-22-14-24-20(13-19(16)22)18-10-4-6-12-23(18)26-24/h1-14H. The van der Waals surface area contributed by atoms with Crippen LogP contribution in [-0.4, -0.2) is 0 Å². The van der Waals surface area contributed by atoms with Crippen LogP contribution in [0.4, 0.5) is 0 Å². The third-order valence-corrected chi connectivity index (χ3v) is 6.23. The molecule has 1 nitrogen and oxygen atoms in total. The topological polar surface area (TPSA) is 9.23 Å². The molecular formula is C24H14OS. The predicted octanol–water partition coefficient (Wildman–Crippen LogP) is 7.49. The number of rotatable bonds is 0. The number of para-hydroxylation sites is 1. The zero-order valence-electron chi connectivity index (χ0n) is 13.9. The Kier molecular flexibility index (Phi) is 2.82. The molecule has 1 aliphatic rings. The number of fused-ring (bicyclic) bond motifs is 8. The van der Waals surface area contributed by atoms with E-state index in [1.165, 1.54) is 31.3 Å². The van der Waals surface area contributed by atoms with Crippen LogP contribution in [0.1, 0.15) is 0 Å². The largest absolute Gasteiger partial charge is 0.456 e. The third kappa shape index (κ3) is 1.91. The summed E-state index contributed by atoms with van der Waals surface area (Å²) in [5, 5.41) is 2.61. The Balaban J connectivity index is 1.75. The molecule has 0 N–H and O–H groups in total. The summed E-state index contributed by atoms with van der Waals surface area (Å²) in [4.78, 5) is 0. The SMILES string of the molecule is c1ccc2c(c1)Oc1cc3sc4ccccc4c3cc1-c1ccccc1-2. The third-order valence-electron chi connectivity index (χ3n) is 5.09. The van der Waals surface area contributed by atoms with Gasteiger partial charge in [-0.1, -0.05) is 60.7 Å². The average molecular weight is 350 g/mol. The number of hydrogen-bond acceptors (Lipinski definition) is 2. The number of benzene rings is 4. The lowest BCUT2D eigenvalue weighted by Gasteiger charge is -2.09. The van der Waals surface area contributed by atoms with Gasteiger partial charge in [-0.2, -0.15) is 0 Å². The van der Waals surface area contributed by atoms with Crippen LogP contribution in [0.2, 0.25) is 0 Å². The first-order valence-electron chi connectivity index (χ1n) is 8.70. The first-order valence-corrected chi connectivity index (χ1v) is 9.52. The van der Waals surface area contributed by atoms with E-state index in [1.54, 1.807) is 0 Å². The van der Waals surface area contributed by atoms with Gasteiger partial charge in [0.05, 0.1) is 0 Å². The fraction of sp³-hybridized carbons (Fsp3) is 0. The summed E-state index contributed by atoms with van der Waals surface area (Å²) in [6, 6.07) is 30.0. The van der Waals surface area contributed by atoms with Crippen LogP contribution in [0.5, 0.6) is 11.5 Å². The highest BCUT2D eigenvalue weighted by Crippen LogP contribution is 2.49. The van der Waals surface area contributed by atoms with Crippen molar-refractivity contribution in [2.24, 2.45) is 0 Å². The van der Waals surface area contributed by atoms with Crippen LogP contribution < -0.4 is 4.74 Å². The van der Waals surface area contributed by atoms with Crippen LogP contribution in [0.3, 0.4) is 0 Å². The van der Waals surface area contributed by atoms with Crippen molar-refractivity contribution in [1.29, 1.82) is 0 Å².